The number of nitrogens with two attached hydrogens (primary N) is 1. The van der Waals surface area contributed by atoms with Crippen molar-refractivity contribution in [1.29, 1.82) is 0 Å². The zero-order valence-electron chi connectivity index (χ0n) is 14.3. The summed E-state index contributed by atoms with van der Waals surface area (Å²) in [6.07, 6.45) is 0. The lowest BCUT2D eigenvalue weighted by Crippen LogP contribution is -2.24. The molecule has 0 aliphatic heterocycles. The molecule has 0 saturated heterocycles. The largest absolute Gasteiger partial charge is 0.496 e. The molecular weight excluding hydrogens is 308 g/mol. The lowest BCUT2D eigenvalue weighted by molar-refractivity contribution is 0.0950. The monoisotopic (exact) mass is 330 g/mol. The minimum Gasteiger partial charge on any atom is -0.496 e. The summed E-state index contributed by atoms with van der Waals surface area (Å²) in [5.41, 5.74) is 8.50. The maximum Gasteiger partial charge on any atom is 0.251 e. The highest BCUT2D eigenvalue weighted by molar-refractivity contribution is 5.96. The fourth-order valence-electron chi connectivity index (χ4n) is 2.39. The maximum atomic E-state index is 12.4. The fraction of sp³-hybridized carbons (Fsp3) is 0.278. The van der Waals surface area contributed by atoms with E-state index in [0.717, 1.165) is 11.1 Å². The molecule has 6 heteroatoms. The molecule has 0 bridgehead atoms. The molecule has 1 amide bonds. The minimum absolute atomic E-state index is 0.198. The number of aryl methyl sites for hydroxylation is 1. The van der Waals surface area contributed by atoms with Gasteiger partial charge in [0.25, 0.3) is 5.91 Å². The molecule has 3 N–H and O–H groups in total. The van der Waals surface area contributed by atoms with Crippen molar-refractivity contribution in [2.45, 2.75) is 13.5 Å². The average Bonchev–Trinajstić information content (AvgIpc) is 2.60. The second kappa shape index (κ2) is 7.59. The van der Waals surface area contributed by atoms with Crippen molar-refractivity contribution < 1.29 is 19.0 Å². The van der Waals surface area contributed by atoms with Gasteiger partial charge in [-0.3, -0.25) is 4.79 Å². The summed E-state index contributed by atoms with van der Waals surface area (Å²) in [6, 6.07) is 8.76. The highest BCUT2D eigenvalue weighted by atomic mass is 16.5. The molecular formula is C18H22N2O4. The normalized spacial score (nSPS) is 10.2. The van der Waals surface area contributed by atoms with Crippen LogP contribution in [-0.2, 0) is 6.54 Å². The molecule has 0 fully saturated rings. The summed E-state index contributed by atoms with van der Waals surface area (Å²) in [5.74, 6) is 1.55. The third-order valence-electron chi connectivity index (χ3n) is 3.73. The van der Waals surface area contributed by atoms with Crippen LogP contribution in [0.3, 0.4) is 0 Å². The van der Waals surface area contributed by atoms with Crippen molar-refractivity contribution in [3.05, 3.63) is 47.0 Å². The molecule has 0 unspecified atom stereocenters. The highest BCUT2D eigenvalue weighted by Crippen LogP contribution is 2.34. The van der Waals surface area contributed by atoms with Gasteiger partial charge in [0.2, 0.25) is 0 Å². The first-order chi connectivity index (χ1) is 11.5. The van der Waals surface area contributed by atoms with Crippen molar-refractivity contribution >= 4 is 11.6 Å². The number of carbonyl (C=O) groups is 1. The van der Waals surface area contributed by atoms with E-state index in [-0.39, 0.29) is 12.5 Å². The molecule has 2 aromatic rings. The lowest BCUT2D eigenvalue weighted by atomic mass is 10.1. The molecule has 0 atom stereocenters. The Morgan fingerprint density at radius 2 is 1.62 bits per heavy atom. The molecule has 128 valence electrons. The third kappa shape index (κ3) is 3.71. The van der Waals surface area contributed by atoms with Gasteiger partial charge in [0.1, 0.15) is 5.75 Å². The first kappa shape index (κ1) is 17.5. The van der Waals surface area contributed by atoms with Gasteiger partial charge in [-0.05, 0) is 30.7 Å². The molecule has 0 aliphatic carbocycles. The van der Waals surface area contributed by atoms with Crippen LogP contribution in [0, 0.1) is 6.92 Å². The zero-order valence-corrected chi connectivity index (χ0v) is 14.3. The van der Waals surface area contributed by atoms with Crippen LogP contribution in [0.2, 0.25) is 0 Å². The first-order valence-corrected chi connectivity index (χ1v) is 7.43. The molecule has 0 saturated carbocycles. The Morgan fingerprint density at radius 3 is 2.25 bits per heavy atom. The molecule has 2 aromatic carbocycles. The fourth-order valence-corrected chi connectivity index (χ4v) is 2.39. The quantitative estimate of drug-likeness (QED) is 0.795. The van der Waals surface area contributed by atoms with Gasteiger partial charge in [-0.2, -0.15) is 0 Å². The maximum absolute atomic E-state index is 12.4. The molecule has 0 spiro atoms. The van der Waals surface area contributed by atoms with Gasteiger partial charge in [0.15, 0.2) is 11.5 Å². The summed E-state index contributed by atoms with van der Waals surface area (Å²) < 4.78 is 15.9. The Bertz CT molecular complexity index is 744. The van der Waals surface area contributed by atoms with Gasteiger partial charge in [-0.1, -0.05) is 6.07 Å². The molecule has 0 aliphatic rings. The van der Waals surface area contributed by atoms with Crippen LogP contribution in [0.4, 0.5) is 5.69 Å². The van der Waals surface area contributed by atoms with Crippen LogP contribution in [-0.4, -0.2) is 27.2 Å². The second-order valence-electron chi connectivity index (χ2n) is 5.28. The standard InChI is InChI=1S/C18H22N2O4/c1-11-5-6-13(19)8-14(11)18(21)20-10-12-7-16(23-3)17(24-4)9-15(12)22-2/h5-9H,10,19H2,1-4H3,(H,20,21). The third-order valence-corrected chi connectivity index (χ3v) is 3.73. The van der Waals surface area contributed by atoms with Crippen LogP contribution in [0.25, 0.3) is 0 Å². The lowest BCUT2D eigenvalue weighted by Gasteiger charge is -2.15. The number of methoxy groups -OCH3 is 3. The van der Waals surface area contributed by atoms with E-state index >= 15 is 0 Å². The average molecular weight is 330 g/mol. The van der Waals surface area contributed by atoms with Gasteiger partial charge < -0.3 is 25.3 Å². The van der Waals surface area contributed by atoms with E-state index in [9.17, 15) is 4.79 Å². The Morgan fingerprint density at radius 1 is 1.00 bits per heavy atom. The van der Waals surface area contributed by atoms with Gasteiger partial charge >= 0.3 is 0 Å². The number of rotatable bonds is 6. The Balaban J connectivity index is 2.22. The van der Waals surface area contributed by atoms with Crippen molar-refractivity contribution in [3.8, 4) is 17.2 Å². The highest BCUT2D eigenvalue weighted by Gasteiger charge is 2.14. The Labute approximate surface area is 141 Å². The molecule has 24 heavy (non-hydrogen) atoms. The summed E-state index contributed by atoms with van der Waals surface area (Å²) in [4.78, 5) is 12.4. The van der Waals surface area contributed by atoms with Gasteiger partial charge in [-0.15, -0.1) is 0 Å². The summed E-state index contributed by atoms with van der Waals surface area (Å²) in [7, 11) is 4.68. The van der Waals surface area contributed by atoms with Crippen molar-refractivity contribution in [1.82, 2.24) is 5.32 Å². The molecule has 2 rings (SSSR count). The van der Waals surface area contributed by atoms with Gasteiger partial charge in [0, 0.05) is 29.4 Å². The van der Waals surface area contributed by atoms with Crippen LogP contribution in [0.5, 0.6) is 17.2 Å². The molecule has 0 aromatic heterocycles. The molecule has 6 nitrogen and oxygen atoms in total. The number of hydrogen-bond acceptors (Lipinski definition) is 5. The minimum atomic E-state index is -0.198. The Kier molecular flexibility index (Phi) is 5.52. The van der Waals surface area contributed by atoms with E-state index in [0.29, 0.717) is 28.5 Å². The van der Waals surface area contributed by atoms with Gasteiger partial charge in [-0.25, -0.2) is 0 Å². The number of hydrogen-bond donors (Lipinski definition) is 2. The number of anilines is 1. The topological polar surface area (TPSA) is 82.8 Å². The summed E-state index contributed by atoms with van der Waals surface area (Å²) in [6.45, 7) is 2.15. The predicted octanol–water partition coefficient (Wildman–Crippen LogP) is 2.53. The Hall–Kier alpha value is -2.89. The number of benzene rings is 2. The number of nitrogens with one attached hydrogen (secondary N) is 1. The van der Waals surface area contributed by atoms with Crippen molar-refractivity contribution in [3.63, 3.8) is 0 Å². The van der Waals surface area contributed by atoms with E-state index in [1.165, 1.54) is 0 Å². The van der Waals surface area contributed by atoms with E-state index in [1.54, 1.807) is 45.6 Å². The van der Waals surface area contributed by atoms with Crippen LogP contribution in [0.15, 0.2) is 30.3 Å². The van der Waals surface area contributed by atoms with E-state index < -0.39 is 0 Å². The number of ether oxygens (including phenoxy) is 3. The molecule has 0 heterocycles. The van der Waals surface area contributed by atoms with E-state index in [2.05, 4.69) is 5.32 Å². The van der Waals surface area contributed by atoms with E-state index in [4.69, 9.17) is 19.9 Å². The smallest absolute Gasteiger partial charge is 0.251 e. The SMILES string of the molecule is COc1cc(OC)c(OC)cc1CNC(=O)c1cc(N)ccc1C. The number of amides is 1. The predicted molar refractivity (Wildman–Crippen MR) is 92.9 cm³/mol. The summed E-state index contributed by atoms with van der Waals surface area (Å²) >= 11 is 0. The molecule has 0 radical (unpaired) electrons. The zero-order chi connectivity index (χ0) is 17.7. The number of nitrogen functional groups attached to an aromatic ring is 1. The van der Waals surface area contributed by atoms with E-state index in [1.807, 2.05) is 13.0 Å². The van der Waals surface area contributed by atoms with Crippen LogP contribution >= 0.6 is 0 Å². The second-order valence-corrected chi connectivity index (χ2v) is 5.28. The summed E-state index contributed by atoms with van der Waals surface area (Å²) in [5, 5.41) is 2.88. The van der Waals surface area contributed by atoms with Gasteiger partial charge in [0.05, 0.1) is 21.3 Å². The van der Waals surface area contributed by atoms with Crippen LogP contribution in [0.1, 0.15) is 21.5 Å². The van der Waals surface area contributed by atoms with Crippen molar-refractivity contribution in [2.75, 3.05) is 27.1 Å². The van der Waals surface area contributed by atoms with Crippen molar-refractivity contribution in [2.24, 2.45) is 0 Å². The van der Waals surface area contributed by atoms with Crippen LogP contribution < -0.4 is 25.3 Å². The first-order valence-electron chi connectivity index (χ1n) is 7.43. The number of carbonyl (C=O) groups excluding carboxylic acids is 1.